The Bertz CT molecular complexity index is 1060. The maximum atomic E-state index is 14.0. The zero-order chi connectivity index (χ0) is 28.4. The van der Waals surface area contributed by atoms with Crippen LogP contribution in [0.3, 0.4) is 0 Å². The molecule has 1 saturated heterocycles. The van der Waals surface area contributed by atoms with Gasteiger partial charge in [-0.3, -0.25) is 14.5 Å². The topological polar surface area (TPSA) is 100 Å². The summed E-state index contributed by atoms with van der Waals surface area (Å²) >= 11 is 0. The fraction of sp³-hybridized carbons (Fsp3) is 0.607. The van der Waals surface area contributed by atoms with Gasteiger partial charge in [-0.15, -0.1) is 0 Å². The number of carbonyl (C=O) groups excluding carboxylic acids is 3. The van der Waals surface area contributed by atoms with Gasteiger partial charge >= 0.3 is 6.09 Å². The fourth-order valence-electron chi connectivity index (χ4n) is 4.50. The summed E-state index contributed by atoms with van der Waals surface area (Å²) in [5.74, 6) is -0.878. The van der Waals surface area contributed by atoms with Crippen LogP contribution in [0.2, 0.25) is 0 Å². The molecule has 0 aliphatic carbocycles. The van der Waals surface area contributed by atoms with Gasteiger partial charge in [0.05, 0.1) is 19.2 Å². The van der Waals surface area contributed by atoms with Crippen molar-refractivity contribution in [3.63, 3.8) is 0 Å². The van der Waals surface area contributed by atoms with Crippen molar-refractivity contribution in [2.24, 2.45) is 5.41 Å². The fourth-order valence-corrected chi connectivity index (χ4v) is 4.50. The highest BCUT2D eigenvalue weighted by Gasteiger charge is 2.51. The number of likely N-dealkylation sites (tertiary alicyclic amines) is 1. The number of ether oxygens (including phenoxy) is 2. The van der Waals surface area contributed by atoms with Crippen molar-refractivity contribution in [2.75, 3.05) is 20.1 Å². The Morgan fingerprint density at radius 1 is 1.11 bits per heavy atom. The molecule has 1 aromatic rings. The number of fused-ring (bicyclic) bond motifs is 1. The Kier molecular flexibility index (Phi) is 8.88. The van der Waals surface area contributed by atoms with E-state index in [0.717, 1.165) is 5.56 Å². The minimum Gasteiger partial charge on any atom is -0.443 e. The van der Waals surface area contributed by atoms with E-state index in [4.69, 9.17) is 9.47 Å². The number of rotatable bonds is 7. The maximum Gasteiger partial charge on any atom is 0.414 e. The molecule has 4 atom stereocenters. The Labute approximate surface area is 224 Å². The molecule has 38 heavy (non-hydrogen) atoms. The molecule has 2 aliphatic rings. The molecule has 0 aromatic heterocycles. The van der Waals surface area contributed by atoms with E-state index in [2.05, 4.69) is 10.6 Å². The van der Waals surface area contributed by atoms with Gasteiger partial charge in [-0.25, -0.2) is 9.18 Å². The van der Waals surface area contributed by atoms with E-state index in [1.807, 2.05) is 26.8 Å². The molecule has 1 fully saturated rings. The van der Waals surface area contributed by atoms with Crippen molar-refractivity contribution in [3.8, 4) is 0 Å². The number of carbonyl (C=O) groups is 3. The second-order valence-corrected chi connectivity index (χ2v) is 11.9. The first-order valence-electron chi connectivity index (χ1n) is 13.0. The summed E-state index contributed by atoms with van der Waals surface area (Å²) in [6.07, 6.45) is 0.781. The van der Waals surface area contributed by atoms with Gasteiger partial charge in [-0.1, -0.05) is 32.9 Å². The molecule has 9 nitrogen and oxygen atoms in total. The first-order chi connectivity index (χ1) is 17.6. The van der Waals surface area contributed by atoms with Gasteiger partial charge < -0.3 is 25.0 Å². The van der Waals surface area contributed by atoms with E-state index in [0.29, 0.717) is 5.70 Å². The lowest BCUT2D eigenvalue weighted by Crippen LogP contribution is -2.59. The van der Waals surface area contributed by atoms with E-state index in [1.54, 1.807) is 51.8 Å². The Morgan fingerprint density at radius 2 is 1.74 bits per heavy atom. The van der Waals surface area contributed by atoms with Crippen LogP contribution in [0.25, 0.3) is 0 Å². The van der Waals surface area contributed by atoms with Crippen molar-refractivity contribution < 1.29 is 28.2 Å². The van der Waals surface area contributed by atoms with Crippen LogP contribution in [0.1, 0.15) is 54.0 Å². The molecule has 4 unspecified atom stereocenters. The van der Waals surface area contributed by atoms with E-state index in [1.165, 1.54) is 17.0 Å². The Hall–Kier alpha value is -2.98. The molecule has 3 rings (SSSR count). The number of hydrogen-bond acceptors (Lipinski definition) is 6. The molecule has 3 amide bonds. The van der Waals surface area contributed by atoms with Crippen LogP contribution in [0.4, 0.5) is 9.18 Å². The molecular formula is C28H41FN4O5. The van der Waals surface area contributed by atoms with Gasteiger partial charge in [0, 0.05) is 12.2 Å². The van der Waals surface area contributed by atoms with Gasteiger partial charge in [0.1, 0.15) is 29.6 Å². The third-order valence-electron chi connectivity index (χ3n) is 6.66. The second kappa shape index (κ2) is 11.4. The third-order valence-corrected chi connectivity index (χ3v) is 6.66. The lowest BCUT2D eigenvalue weighted by Gasteiger charge is -2.37. The summed E-state index contributed by atoms with van der Waals surface area (Å²) in [6, 6.07) is 4.18. The Morgan fingerprint density at radius 3 is 2.29 bits per heavy atom. The van der Waals surface area contributed by atoms with Gasteiger partial charge in [-0.05, 0) is 63.9 Å². The van der Waals surface area contributed by atoms with Crippen LogP contribution < -0.4 is 10.6 Å². The molecule has 0 radical (unpaired) electrons. The Balaban J connectivity index is 1.88. The largest absolute Gasteiger partial charge is 0.443 e. The summed E-state index contributed by atoms with van der Waals surface area (Å²) in [4.78, 5) is 43.0. The van der Waals surface area contributed by atoms with Gasteiger partial charge in [0.15, 0.2) is 0 Å². The second-order valence-electron chi connectivity index (χ2n) is 11.9. The van der Waals surface area contributed by atoms with Gasteiger partial charge in [-0.2, -0.15) is 0 Å². The van der Waals surface area contributed by atoms with Crippen LogP contribution in [-0.2, 0) is 25.7 Å². The number of nitrogens with zero attached hydrogens (tertiary/aromatic N) is 2. The van der Waals surface area contributed by atoms with Crippen LogP contribution in [0.5, 0.6) is 0 Å². The van der Waals surface area contributed by atoms with Crippen LogP contribution in [-0.4, -0.2) is 77.7 Å². The number of likely N-dealkylation sites (N-methyl/N-ethyl adjacent to an activating group) is 1. The zero-order valence-corrected chi connectivity index (χ0v) is 23.6. The van der Waals surface area contributed by atoms with E-state index < -0.39 is 41.3 Å². The molecular weight excluding hydrogens is 491 g/mol. The van der Waals surface area contributed by atoms with E-state index in [-0.39, 0.29) is 37.3 Å². The highest BCUT2D eigenvalue weighted by atomic mass is 19.1. The highest BCUT2D eigenvalue weighted by molar-refractivity contribution is 5.91. The number of hydrogen-bond donors (Lipinski definition) is 2. The van der Waals surface area contributed by atoms with Crippen molar-refractivity contribution in [1.82, 2.24) is 20.4 Å². The number of halogens is 1. The van der Waals surface area contributed by atoms with Crippen LogP contribution in [0, 0.1) is 11.2 Å². The minimum absolute atomic E-state index is 0.179. The molecule has 210 valence electrons. The van der Waals surface area contributed by atoms with Gasteiger partial charge in [0.25, 0.3) is 0 Å². The van der Waals surface area contributed by atoms with Crippen molar-refractivity contribution in [3.05, 3.63) is 47.4 Å². The molecule has 0 bridgehead atoms. The van der Waals surface area contributed by atoms with Crippen LogP contribution >= 0.6 is 0 Å². The first kappa shape index (κ1) is 29.6. The normalized spacial score (nSPS) is 21.0. The van der Waals surface area contributed by atoms with E-state index >= 15 is 0 Å². The third kappa shape index (κ3) is 6.91. The quantitative estimate of drug-likeness (QED) is 0.560. The van der Waals surface area contributed by atoms with Gasteiger partial charge in [0.2, 0.25) is 11.8 Å². The summed E-state index contributed by atoms with van der Waals surface area (Å²) in [7, 11) is 1.68. The predicted octanol–water partition coefficient (Wildman–Crippen LogP) is 3.20. The van der Waals surface area contributed by atoms with Crippen molar-refractivity contribution >= 4 is 17.9 Å². The summed E-state index contributed by atoms with van der Waals surface area (Å²) < 4.78 is 25.2. The minimum atomic E-state index is -0.799. The molecule has 0 saturated carbocycles. The highest BCUT2D eigenvalue weighted by Crippen LogP contribution is 2.36. The lowest BCUT2D eigenvalue weighted by atomic mass is 9.85. The number of benzene rings is 1. The summed E-state index contributed by atoms with van der Waals surface area (Å²) in [5.41, 5.74) is 0.139. The smallest absolute Gasteiger partial charge is 0.414 e. The zero-order valence-electron chi connectivity index (χ0n) is 23.6. The van der Waals surface area contributed by atoms with Crippen molar-refractivity contribution in [1.29, 1.82) is 0 Å². The average molecular weight is 533 g/mol. The predicted molar refractivity (Wildman–Crippen MR) is 141 cm³/mol. The monoisotopic (exact) mass is 532 g/mol. The van der Waals surface area contributed by atoms with Crippen LogP contribution in [0.15, 0.2) is 36.0 Å². The maximum absolute atomic E-state index is 14.0. The summed E-state index contributed by atoms with van der Waals surface area (Å²) in [6.45, 7) is 13.4. The molecule has 1 aromatic carbocycles. The van der Waals surface area contributed by atoms with Crippen molar-refractivity contribution in [2.45, 2.75) is 84.9 Å². The standard InChI is InChI=1S/C28H41FN4O5/c1-17(30-8)24(34)31-23(27(2,3)4)25(35)32-14-13-20-22(32)21(15-33(20)26(36)38-28(5,6)7)37-16-18-9-11-19(29)12-10-18/h9-13,17,21-23,30H,14-16H2,1-8H3,(H,31,34). The summed E-state index contributed by atoms with van der Waals surface area (Å²) in [5, 5.41) is 5.81. The first-order valence-corrected chi connectivity index (χ1v) is 13.0. The molecule has 10 heteroatoms. The lowest BCUT2D eigenvalue weighted by molar-refractivity contribution is -0.142. The molecule has 2 heterocycles. The number of nitrogens with one attached hydrogen (secondary N) is 2. The SMILES string of the molecule is CNC(C)C(=O)NC(C(=O)N1CC=C2C1C(OCc1ccc(F)cc1)CN2C(=O)OC(C)(C)C)C(C)(C)C. The molecule has 0 spiro atoms. The molecule has 2 aliphatic heterocycles. The average Bonchev–Trinajstić information content (AvgIpc) is 3.40. The molecule has 2 N–H and O–H groups in total. The van der Waals surface area contributed by atoms with E-state index in [9.17, 15) is 18.8 Å². The number of amides is 3.